The summed E-state index contributed by atoms with van der Waals surface area (Å²) in [6.45, 7) is 3.51. The molecule has 0 saturated heterocycles. The van der Waals surface area contributed by atoms with Crippen LogP contribution in [0.2, 0.25) is 0 Å². The molecule has 0 fully saturated rings. The average molecular weight is 416 g/mol. The maximum Gasteiger partial charge on any atom is 0.361 e. The third kappa shape index (κ3) is 3.14. The Labute approximate surface area is 129 Å². The number of aliphatic hydroxyl groups is 1. The Bertz CT molecular complexity index is 515. The number of benzene rings is 1. The molecule has 4 nitrogen and oxygen atoms in total. The van der Waals surface area contributed by atoms with Gasteiger partial charge in [-0.05, 0) is 24.0 Å². The van der Waals surface area contributed by atoms with E-state index in [0.29, 0.717) is 16.2 Å². The molecule has 1 unspecified atom stereocenters. The smallest absolute Gasteiger partial charge is 0.361 e. The molecule has 1 aromatic rings. The fourth-order valence-electron chi connectivity index (χ4n) is 2.03. The van der Waals surface area contributed by atoms with Crippen molar-refractivity contribution in [2.75, 3.05) is 0 Å². The minimum atomic E-state index is -4.68. The van der Waals surface area contributed by atoms with E-state index in [0.717, 1.165) is 11.1 Å². The van der Waals surface area contributed by atoms with Gasteiger partial charge in [-0.2, -0.15) is 0 Å². The highest BCUT2D eigenvalue weighted by Crippen LogP contribution is 2.58. The maximum absolute atomic E-state index is 11.6. The Kier molecular flexibility index (Phi) is 5.82. The summed E-state index contributed by atoms with van der Waals surface area (Å²) in [6, 6.07) is 3.35. The van der Waals surface area contributed by atoms with Crippen LogP contribution in [-0.4, -0.2) is 14.9 Å². The molecule has 0 bridgehead atoms. The van der Waals surface area contributed by atoms with Crippen LogP contribution in [0.25, 0.3) is 0 Å². The molecule has 0 aliphatic rings. The van der Waals surface area contributed by atoms with Crippen molar-refractivity contribution in [3.8, 4) is 0 Å². The van der Waals surface area contributed by atoms with E-state index in [2.05, 4.69) is 31.9 Å². The van der Waals surface area contributed by atoms with Gasteiger partial charge >= 0.3 is 7.60 Å². The molecule has 19 heavy (non-hydrogen) atoms. The van der Waals surface area contributed by atoms with Gasteiger partial charge in [-0.1, -0.05) is 57.8 Å². The summed E-state index contributed by atoms with van der Waals surface area (Å²) in [5, 5.41) is 8.88. The quantitative estimate of drug-likeness (QED) is 0.506. The first-order valence-electron chi connectivity index (χ1n) is 5.87. The van der Waals surface area contributed by atoms with E-state index in [-0.39, 0.29) is 12.0 Å². The summed E-state index contributed by atoms with van der Waals surface area (Å²) in [6.07, 6.45) is 0.642. The third-order valence-electron chi connectivity index (χ3n) is 3.24. The van der Waals surface area contributed by atoms with Crippen LogP contribution in [0.4, 0.5) is 0 Å². The SMILES string of the molecule is CCc1c(CBr)ccc(C(O)(CC)P(=O)(O)O)c1Br. The van der Waals surface area contributed by atoms with Crippen molar-refractivity contribution in [3.63, 3.8) is 0 Å². The molecule has 108 valence electrons. The molecule has 1 rings (SSSR count). The van der Waals surface area contributed by atoms with Crippen LogP contribution < -0.4 is 0 Å². The minimum absolute atomic E-state index is 0.0628. The predicted octanol–water partition coefficient (Wildman–Crippen LogP) is 3.64. The average Bonchev–Trinajstić information content (AvgIpc) is 2.35. The van der Waals surface area contributed by atoms with Crippen molar-refractivity contribution in [1.29, 1.82) is 0 Å². The fourth-order valence-corrected chi connectivity index (χ4v) is 4.62. The number of rotatable bonds is 5. The summed E-state index contributed by atoms with van der Waals surface area (Å²) >= 11 is 6.76. The molecular weight excluding hydrogens is 399 g/mol. The number of alkyl halides is 1. The van der Waals surface area contributed by atoms with Gasteiger partial charge in [-0.25, -0.2) is 0 Å². The Balaban J connectivity index is 3.56. The van der Waals surface area contributed by atoms with Crippen molar-refractivity contribution in [3.05, 3.63) is 33.3 Å². The van der Waals surface area contributed by atoms with Crippen molar-refractivity contribution in [2.24, 2.45) is 0 Å². The summed E-state index contributed by atoms with van der Waals surface area (Å²) in [5.41, 5.74) is 2.21. The van der Waals surface area contributed by atoms with Crippen LogP contribution in [0.5, 0.6) is 0 Å². The second kappa shape index (κ2) is 6.37. The van der Waals surface area contributed by atoms with Crippen molar-refractivity contribution >= 4 is 39.5 Å². The van der Waals surface area contributed by atoms with Gasteiger partial charge in [-0.15, -0.1) is 0 Å². The largest absolute Gasteiger partial charge is 0.373 e. The predicted molar refractivity (Wildman–Crippen MR) is 82.4 cm³/mol. The molecule has 0 aliphatic carbocycles. The van der Waals surface area contributed by atoms with E-state index in [4.69, 9.17) is 0 Å². The highest BCUT2D eigenvalue weighted by atomic mass is 79.9. The molecule has 1 aromatic carbocycles. The summed E-state index contributed by atoms with van der Waals surface area (Å²) in [5.74, 6) is 0. The lowest BCUT2D eigenvalue weighted by Crippen LogP contribution is -2.25. The van der Waals surface area contributed by atoms with Crippen LogP contribution in [-0.2, 0) is 21.7 Å². The van der Waals surface area contributed by atoms with E-state index < -0.39 is 12.9 Å². The molecule has 1 atom stereocenters. The van der Waals surface area contributed by atoms with Crippen LogP contribution in [0, 0.1) is 0 Å². The van der Waals surface area contributed by atoms with Gasteiger partial charge in [0.05, 0.1) is 0 Å². The molecule has 0 aliphatic heterocycles. The Morgan fingerprint density at radius 3 is 2.26 bits per heavy atom. The zero-order valence-corrected chi connectivity index (χ0v) is 14.8. The second-order valence-corrected chi connectivity index (χ2v) is 7.45. The molecule has 0 spiro atoms. The zero-order valence-electron chi connectivity index (χ0n) is 10.7. The van der Waals surface area contributed by atoms with Gasteiger partial charge in [-0.3, -0.25) is 4.57 Å². The van der Waals surface area contributed by atoms with Crippen LogP contribution in [0.1, 0.15) is 37.0 Å². The first-order chi connectivity index (χ1) is 8.72. The lowest BCUT2D eigenvalue weighted by molar-refractivity contribution is 0.0848. The lowest BCUT2D eigenvalue weighted by atomic mass is 9.98. The maximum atomic E-state index is 11.6. The fraction of sp³-hybridized carbons (Fsp3) is 0.500. The molecule has 0 aromatic heterocycles. The Morgan fingerprint density at radius 1 is 1.32 bits per heavy atom. The molecule has 7 heteroatoms. The van der Waals surface area contributed by atoms with Crippen LogP contribution >= 0.6 is 39.5 Å². The first-order valence-corrected chi connectivity index (χ1v) is 9.40. The highest BCUT2D eigenvalue weighted by Gasteiger charge is 2.46. The number of hydrogen-bond donors (Lipinski definition) is 3. The topological polar surface area (TPSA) is 77.8 Å². The molecule has 0 amide bonds. The molecule has 0 saturated carbocycles. The second-order valence-electron chi connectivity index (χ2n) is 4.27. The standard InChI is InChI=1S/C12H17Br2O4P/c1-3-9-8(7-13)5-6-10(11(9)14)12(15,4-2)19(16,17)18/h5-6,15H,3-4,7H2,1-2H3,(H2,16,17,18). The summed E-state index contributed by atoms with van der Waals surface area (Å²) in [7, 11) is -4.68. The Morgan fingerprint density at radius 2 is 1.89 bits per heavy atom. The first kappa shape index (κ1) is 17.3. The van der Waals surface area contributed by atoms with E-state index in [1.165, 1.54) is 0 Å². The van der Waals surface area contributed by atoms with Gasteiger partial charge in [0.15, 0.2) is 5.34 Å². The van der Waals surface area contributed by atoms with Gasteiger partial charge in [0.25, 0.3) is 0 Å². The van der Waals surface area contributed by atoms with E-state index in [1.54, 1.807) is 19.1 Å². The molecule has 0 radical (unpaired) electrons. The molecular formula is C12H17Br2O4P. The minimum Gasteiger partial charge on any atom is -0.373 e. The van der Waals surface area contributed by atoms with E-state index >= 15 is 0 Å². The van der Waals surface area contributed by atoms with Gasteiger partial charge < -0.3 is 14.9 Å². The monoisotopic (exact) mass is 414 g/mol. The normalized spacial score (nSPS) is 15.3. The van der Waals surface area contributed by atoms with Crippen molar-refractivity contribution in [1.82, 2.24) is 0 Å². The lowest BCUT2D eigenvalue weighted by Gasteiger charge is -2.30. The number of hydrogen-bond acceptors (Lipinski definition) is 2. The van der Waals surface area contributed by atoms with Crippen LogP contribution in [0.3, 0.4) is 0 Å². The van der Waals surface area contributed by atoms with E-state index in [1.807, 2.05) is 6.92 Å². The number of halogens is 2. The van der Waals surface area contributed by atoms with Gasteiger partial charge in [0.1, 0.15) is 0 Å². The van der Waals surface area contributed by atoms with Gasteiger partial charge in [0.2, 0.25) is 0 Å². The third-order valence-corrected chi connectivity index (χ3v) is 6.27. The Hall–Kier alpha value is 0.290. The summed E-state index contributed by atoms with van der Waals surface area (Å²) < 4.78 is 12.2. The molecule has 0 heterocycles. The van der Waals surface area contributed by atoms with Crippen molar-refractivity contribution in [2.45, 2.75) is 37.4 Å². The summed E-state index contributed by atoms with van der Waals surface area (Å²) in [4.78, 5) is 18.9. The van der Waals surface area contributed by atoms with Crippen LogP contribution in [0.15, 0.2) is 16.6 Å². The highest BCUT2D eigenvalue weighted by molar-refractivity contribution is 9.10. The van der Waals surface area contributed by atoms with Gasteiger partial charge in [0, 0.05) is 15.4 Å². The molecule has 3 N–H and O–H groups in total. The van der Waals surface area contributed by atoms with Crippen molar-refractivity contribution < 1.29 is 19.5 Å². The van der Waals surface area contributed by atoms with E-state index in [9.17, 15) is 19.5 Å². The zero-order chi connectivity index (χ0) is 14.8.